The quantitative estimate of drug-likeness (QED) is 0.580. The summed E-state index contributed by atoms with van der Waals surface area (Å²) in [6.07, 6.45) is 0. The Hall–Kier alpha value is -2.83. The van der Waals surface area contributed by atoms with Gasteiger partial charge in [-0.1, -0.05) is 59.6 Å². The van der Waals surface area contributed by atoms with Crippen molar-refractivity contribution in [1.29, 1.82) is 0 Å². The van der Waals surface area contributed by atoms with Gasteiger partial charge in [-0.2, -0.15) is 0 Å². The third-order valence-electron chi connectivity index (χ3n) is 4.53. The zero-order valence-corrected chi connectivity index (χ0v) is 17.7. The molecule has 0 aliphatic rings. The van der Waals surface area contributed by atoms with Crippen molar-refractivity contribution >= 4 is 38.9 Å². The molecular formula is C22H21ClN2O3S. The number of benzene rings is 3. The molecule has 0 bridgehead atoms. The molecule has 1 amide bonds. The Kier molecular flexibility index (Phi) is 6.25. The van der Waals surface area contributed by atoms with Gasteiger partial charge in [-0.25, -0.2) is 8.42 Å². The second kappa shape index (κ2) is 8.68. The average Bonchev–Trinajstić information content (AvgIpc) is 2.73. The minimum atomic E-state index is -4.00. The van der Waals surface area contributed by atoms with Gasteiger partial charge in [0, 0.05) is 12.7 Å². The van der Waals surface area contributed by atoms with E-state index in [-0.39, 0.29) is 28.1 Å². The number of rotatable bonds is 6. The predicted octanol–water partition coefficient (Wildman–Crippen LogP) is 4.51. The molecule has 0 aromatic heterocycles. The molecule has 0 atom stereocenters. The second-order valence-electron chi connectivity index (χ2n) is 6.56. The first-order chi connectivity index (χ1) is 13.8. The summed E-state index contributed by atoms with van der Waals surface area (Å²) in [5.74, 6) is -0.383. The summed E-state index contributed by atoms with van der Waals surface area (Å²) in [6, 6.07) is 22.1. The van der Waals surface area contributed by atoms with Crippen molar-refractivity contribution in [3.8, 4) is 0 Å². The Labute approximate surface area is 176 Å². The number of carbonyl (C=O) groups is 1. The van der Waals surface area contributed by atoms with Crippen LogP contribution in [0.1, 0.15) is 5.56 Å². The monoisotopic (exact) mass is 428 g/mol. The molecule has 7 heteroatoms. The highest BCUT2D eigenvalue weighted by Crippen LogP contribution is 2.30. The van der Waals surface area contributed by atoms with Gasteiger partial charge in [-0.3, -0.25) is 9.10 Å². The van der Waals surface area contributed by atoms with Gasteiger partial charge in [0.1, 0.15) is 6.54 Å². The minimum absolute atomic E-state index is 0.0955. The van der Waals surface area contributed by atoms with Crippen molar-refractivity contribution in [2.45, 2.75) is 11.8 Å². The molecule has 0 spiro atoms. The van der Waals surface area contributed by atoms with Crippen LogP contribution in [0.25, 0.3) is 0 Å². The number of carbonyl (C=O) groups excluding carboxylic acids is 1. The van der Waals surface area contributed by atoms with Gasteiger partial charge in [0.2, 0.25) is 5.91 Å². The van der Waals surface area contributed by atoms with Crippen LogP contribution in [0.4, 0.5) is 11.4 Å². The Morgan fingerprint density at radius 2 is 1.48 bits per heavy atom. The number of sulfonamides is 1. The Morgan fingerprint density at radius 1 is 0.897 bits per heavy atom. The van der Waals surface area contributed by atoms with Gasteiger partial charge < -0.3 is 4.90 Å². The van der Waals surface area contributed by atoms with Crippen LogP contribution in [-0.4, -0.2) is 27.9 Å². The van der Waals surface area contributed by atoms with E-state index < -0.39 is 10.0 Å². The van der Waals surface area contributed by atoms with Crippen LogP contribution < -0.4 is 9.21 Å². The summed E-state index contributed by atoms with van der Waals surface area (Å²) in [5, 5.41) is 0.248. The van der Waals surface area contributed by atoms with Gasteiger partial charge in [0.25, 0.3) is 10.0 Å². The summed E-state index contributed by atoms with van der Waals surface area (Å²) in [4.78, 5) is 14.5. The van der Waals surface area contributed by atoms with E-state index in [2.05, 4.69) is 0 Å². The zero-order chi connectivity index (χ0) is 21.0. The van der Waals surface area contributed by atoms with Crippen molar-refractivity contribution in [1.82, 2.24) is 0 Å². The number of anilines is 2. The third-order valence-corrected chi connectivity index (χ3v) is 6.62. The number of amides is 1. The van der Waals surface area contributed by atoms with Crippen LogP contribution in [0.3, 0.4) is 0 Å². The lowest BCUT2D eigenvalue weighted by Crippen LogP contribution is -2.42. The molecule has 0 heterocycles. The molecular weight excluding hydrogens is 408 g/mol. The first-order valence-electron chi connectivity index (χ1n) is 8.96. The molecule has 0 radical (unpaired) electrons. The number of likely N-dealkylation sites (N-methyl/N-ethyl adjacent to an activating group) is 1. The molecule has 0 fully saturated rings. The SMILES string of the molecule is Cc1ccc(S(=O)(=O)N(CC(=O)N(C)c2ccccc2)c2ccccc2Cl)cc1. The van der Waals surface area contributed by atoms with Crippen molar-refractivity contribution in [3.63, 3.8) is 0 Å². The van der Waals surface area contributed by atoms with E-state index in [1.54, 1.807) is 55.6 Å². The largest absolute Gasteiger partial charge is 0.314 e. The standard InChI is InChI=1S/C22H21ClN2O3S/c1-17-12-14-19(15-13-17)29(27,28)25(21-11-7-6-10-20(21)23)16-22(26)24(2)18-8-4-3-5-9-18/h3-15H,16H2,1-2H3. The molecule has 0 saturated carbocycles. The highest BCUT2D eigenvalue weighted by molar-refractivity contribution is 7.92. The van der Waals surface area contributed by atoms with Crippen LogP contribution in [0, 0.1) is 6.92 Å². The van der Waals surface area contributed by atoms with E-state index in [0.29, 0.717) is 5.69 Å². The molecule has 5 nitrogen and oxygen atoms in total. The van der Waals surface area contributed by atoms with Gasteiger partial charge >= 0.3 is 0 Å². The summed E-state index contributed by atoms with van der Waals surface area (Å²) in [6.45, 7) is 1.49. The molecule has 3 rings (SSSR count). The number of halogens is 1. The summed E-state index contributed by atoms with van der Waals surface area (Å²) in [5.41, 5.74) is 1.86. The van der Waals surface area contributed by atoms with Crippen molar-refractivity contribution in [2.24, 2.45) is 0 Å². The van der Waals surface area contributed by atoms with Crippen LogP contribution >= 0.6 is 11.6 Å². The fourth-order valence-electron chi connectivity index (χ4n) is 2.82. The highest BCUT2D eigenvalue weighted by atomic mass is 35.5. The maximum Gasteiger partial charge on any atom is 0.264 e. The molecule has 0 N–H and O–H groups in total. The molecule has 0 aliphatic heterocycles. The van der Waals surface area contributed by atoms with E-state index in [1.165, 1.54) is 17.0 Å². The number of hydrogen-bond donors (Lipinski definition) is 0. The van der Waals surface area contributed by atoms with E-state index in [4.69, 9.17) is 11.6 Å². The normalized spacial score (nSPS) is 11.1. The molecule has 0 aliphatic carbocycles. The van der Waals surface area contributed by atoms with Crippen LogP contribution in [0.5, 0.6) is 0 Å². The first kappa shape index (κ1) is 20.9. The Bertz CT molecular complexity index is 1100. The van der Waals surface area contributed by atoms with Gasteiger partial charge in [-0.05, 0) is 43.3 Å². The Balaban J connectivity index is 2.01. The van der Waals surface area contributed by atoms with Crippen LogP contribution in [0.2, 0.25) is 5.02 Å². The molecule has 0 unspecified atom stereocenters. The van der Waals surface area contributed by atoms with Crippen molar-refractivity contribution < 1.29 is 13.2 Å². The van der Waals surface area contributed by atoms with Crippen molar-refractivity contribution in [3.05, 3.63) is 89.4 Å². The topological polar surface area (TPSA) is 57.7 Å². The Morgan fingerprint density at radius 3 is 2.10 bits per heavy atom. The van der Waals surface area contributed by atoms with E-state index in [1.807, 2.05) is 25.1 Å². The lowest BCUT2D eigenvalue weighted by Gasteiger charge is -2.27. The summed E-state index contributed by atoms with van der Waals surface area (Å²) >= 11 is 6.29. The van der Waals surface area contributed by atoms with E-state index >= 15 is 0 Å². The van der Waals surface area contributed by atoms with E-state index in [0.717, 1.165) is 9.87 Å². The van der Waals surface area contributed by atoms with Gasteiger partial charge in [0.15, 0.2) is 0 Å². The smallest absolute Gasteiger partial charge is 0.264 e. The lowest BCUT2D eigenvalue weighted by atomic mass is 10.2. The summed E-state index contributed by atoms with van der Waals surface area (Å²) in [7, 11) is -2.39. The molecule has 29 heavy (non-hydrogen) atoms. The molecule has 150 valence electrons. The minimum Gasteiger partial charge on any atom is -0.314 e. The van der Waals surface area contributed by atoms with Gasteiger partial charge in [-0.15, -0.1) is 0 Å². The fourth-order valence-corrected chi connectivity index (χ4v) is 4.54. The summed E-state index contributed by atoms with van der Waals surface area (Å²) < 4.78 is 27.8. The molecule has 3 aromatic carbocycles. The first-order valence-corrected chi connectivity index (χ1v) is 10.8. The molecule has 3 aromatic rings. The number of para-hydroxylation sites is 2. The fraction of sp³-hybridized carbons (Fsp3) is 0.136. The second-order valence-corrected chi connectivity index (χ2v) is 8.83. The number of aryl methyl sites for hydroxylation is 1. The lowest BCUT2D eigenvalue weighted by molar-refractivity contribution is -0.116. The number of hydrogen-bond acceptors (Lipinski definition) is 3. The average molecular weight is 429 g/mol. The van der Waals surface area contributed by atoms with Crippen molar-refractivity contribution in [2.75, 3.05) is 22.8 Å². The maximum atomic E-state index is 13.4. The third kappa shape index (κ3) is 4.60. The zero-order valence-electron chi connectivity index (χ0n) is 16.1. The number of nitrogens with zero attached hydrogens (tertiary/aromatic N) is 2. The van der Waals surface area contributed by atoms with Gasteiger partial charge in [0.05, 0.1) is 15.6 Å². The maximum absolute atomic E-state index is 13.4. The van der Waals surface area contributed by atoms with E-state index in [9.17, 15) is 13.2 Å². The molecule has 0 saturated heterocycles. The van der Waals surface area contributed by atoms with Crippen LogP contribution in [-0.2, 0) is 14.8 Å². The predicted molar refractivity (Wildman–Crippen MR) is 117 cm³/mol. The van der Waals surface area contributed by atoms with Crippen LogP contribution in [0.15, 0.2) is 83.8 Å². The highest BCUT2D eigenvalue weighted by Gasteiger charge is 2.29.